The largest absolute Gasteiger partial charge is 0.368 e. The highest BCUT2D eigenvalue weighted by Gasteiger charge is 2.25. The van der Waals surface area contributed by atoms with Crippen molar-refractivity contribution in [3.05, 3.63) is 71.0 Å². The Bertz CT molecular complexity index is 919. The summed E-state index contributed by atoms with van der Waals surface area (Å²) in [5, 5.41) is 5.22. The minimum atomic E-state index is -0.933. The number of benzene rings is 2. The molecular formula is C24H30FN3O3. The number of carbonyl (C=O) groups is 3. The topological polar surface area (TPSA) is 101 Å². The lowest BCUT2D eigenvalue weighted by Gasteiger charge is -2.22. The first-order valence-electron chi connectivity index (χ1n) is 10.2. The Balaban J connectivity index is 2.12. The van der Waals surface area contributed by atoms with Crippen LogP contribution in [0.25, 0.3) is 0 Å². The van der Waals surface area contributed by atoms with E-state index in [1.165, 1.54) is 19.1 Å². The lowest BCUT2D eigenvalue weighted by molar-refractivity contribution is -0.130. The average Bonchev–Trinajstić information content (AvgIpc) is 2.68. The lowest BCUT2D eigenvalue weighted by atomic mass is 9.86. The Labute approximate surface area is 182 Å². The molecule has 0 aliphatic carbocycles. The van der Waals surface area contributed by atoms with Crippen molar-refractivity contribution in [3.8, 4) is 0 Å². The van der Waals surface area contributed by atoms with Crippen LogP contribution in [0, 0.1) is 5.82 Å². The maximum Gasteiger partial charge on any atom is 0.243 e. The second-order valence-corrected chi connectivity index (χ2v) is 8.70. The fourth-order valence-corrected chi connectivity index (χ4v) is 3.18. The molecule has 7 heteroatoms. The number of primary amides is 1. The van der Waals surface area contributed by atoms with E-state index in [-0.39, 0.29) is 18.3 Å². The summed E-state index contributed by atoms with van der Waals surface area (Å²) in [6, 6.07) is 11.6. The van der Waals surface area contributed by atoms with E-state index >= 15 is 0 Å². The van der Waals surface area contributed by atoms with Crippen LogP contribution in [0.3, 0.4) is 0 Å². The highest BCUT2D eigenvalue weighted by atomic mass is 19.1. The SMILES string of the molecule is CC(=O)N[C@H](Cc1ccc(F)cc1)C(=O)N[C@@H](Cc1ccc(C(C)(C)C)cc1)C(N)=O. The highest BCUT2D eigenvalue weighted by Crippen LogP contribution is 2.22. The molecule has 0 unspecified atom stereocenters. The third kappa shape index (κ3) is 7.51. The summed E-state index contributed by atoms with van der Waals surface area (Å²) in [4.78, 5) is 36.4. The van der Waals surface area contributed by atoms with Crippen LogP contribution in [0.4, 0.5) is 4.39 Å². The quantitative estimate of drug-likeness (QED) is 0.603. The van der Waals surface area contributed by atoms with Gasteiger partial charge in [0.2, 0.25) is 17.7 Å². The Hall–Kier alpha value is -3.22. The number of nitrogens with two attached hydrogens (primary N) is 1. The zero-order valence-electron chi connectivity index (χ0n) is 18.4. The molecule has 0 radical (unpaired) electrons. The minimum absolute atomic E-state index is 0.00175. The fraction of sp³-hybridized carbons (Fsp3) is 0.375. The van der Waals surface area contributed by atoms with E-state index in [0.29, 0.717) is 5.56 Å². The summed E-state index contributed by atoms with van der Waals surface area (Å²) in [6.45, 7) is 7.63. The van der Waals surface area contributed by atoms with Gasteiger partial charge in [0.25, 0.3) is 0 Å². The van der Waals surface area contributed by atoms with Crippen molar-refractivity contribution in [1.82, 2.24) is 10.6 Å². The summed E-state index contributed by atoms with van der Waals surface area (Å²) in [5.41, 5.74) is 8.20. The third-order valence-electron chi connectivity index (χ3n) is 4.97. The number of carbonyl (C=O) groups excluding carboxylic acids is 3. The second-order valence-electron chi connectivity index (χ2n) is 8.70. The van der Waals surface area contributed by atoms with E-state index in [0.717, 1.165) is 11.1 Å². The van der Waals surface area contributed by atoms with Gasteiger partial charge in [-0.1, -0.05) is 57.2 Å². The van der Waals surface area contributed by atoms with Gasteiger partial charge < -0.3 is 16.4 Å². The predicted molar refractivity (Wildman–Crippen MR) is 118 cm³/mol. The molecule has 31 heavy (non-hydrogen) atoms. The van der Waals surface area contributed by atoms with Gasteiger partial charge in [0.1, 0.15) is 17.9 Å². The minimum Gasteiger partial charge on any atom is -0.368 e. The third-order valence-corrected chi connectivity index (χ3v) is 4.97. The summed E-state index contributed by atoms with van der Waals surface area (Å²) < 4.78 is 13.2. The predicted octanol–water partition coefficient (Wildman–Crippen LogP) is 2.38. The summed E-state index contributed by atoms with van der Waals surface area (Å²) in [5.74, 6) is -1.99. The van der Waals surface area contributed by atoms with Gasteiger partial charge in [0.15, 0.2) is 0 Å². The zero-order chi connectivity index (χ0) is 23.2. The number of nitrogens with one attached hydrogen (secondary N) is 2. The van der Waals surface area contributed by atoms with Gasteiger partial charge in [0, 0.05) is 19.8 Å². The molecule has 0 aliphatic heterocycles. The van der Waals surface area contributed by atoms with Gasteiger partial charge in [-0.3, -0.25) is 14.4 Å². The van der Waals surface area contributed by atoms with Crippen LogP contribution in [-0.4, -0.2) is 29.8 Å². The molecule has 0 saturated heterocycles. The smallest absolute Gasteiger partial charge is 0.243 e. The molecule has 3 amide bonds. The van der Waals surface area contributed by atoms with Crippen molar-refractivity contribution < 1.29 is 18.8 Å². The number of halogens is 1. The Morgan fingerprint density at radius 3 is 1.81 bits per heavy atom. The van der Waals surface area contributed by atoms with Crippen molar-refractivity contribution in [2.24, 2.45) is 5.73 Å². The molecule has 4 N–H and O–H groups in total. The average molecular weight is 428 g/mol. The van der Waals surface area contributed by atoms with Crippen molar-refractivity contribution in [1.29, 1.82) is 0 Å². The molecule has 2 atom stereocenters. The molecule has 0 aliphatic rings. The monoisotopic (exact) mass is 427 g/mol. The Kier molecular flexibility index (Phi) is 7.91. The van der Waals surface area contributed by atoms with Crippen LogP contribution in [0.1, 0.15) is 44.4 Å². The second kappa shape index (κ2) is 10.2. The maximum absolute atomic E-state index is 13.2. The highest BCUT2D eigenvalue weighted by molar-refractivity contribution is 5.91. The molecule has 2 aromatic carbocycles. The van der Waals surface area contributed by atoms with E-state index in [9.17, 15) is 18.8 Å². The molecule has 0 fully saturated rings. The maximum atomic E-state index is 13.2. The molecular weight excluding hydrogens is 397 g/mol. The van der Waals surface area contributed by atoms with E-state index < -0.39 is 35.6 Å². The number of hydrogen-bond donors (Lipinski definition) is 3. The van der Waals surface area contributed by atoms with Gasteiger partial charge in [0.05, 0.1) is 0 Å². The first kappa shape index (κ1) is 24.1. The molecule has 0 bridgehead atoms. The van der Waals surface area contributed by atoms with Gasteiger partial charge >= 0.3 is 0 Å². The summed E-state index contributed by atoms with van der Waals surface area (Å²) >= 11 is 0. The van der Waals surface area contributed by atoms with Gasteiger partial charge in [-0.15, -0.1) is 0 Å². The van der Waals surface area contributed by atoms with E-state index in [1.54, 1.807) is 12.1 Å². The fourth-order valence-electron chi connectivity index (χ4n) is 3.18. The van der Waals surface area contributed by atoms with Gasteiger partial charge in [-0.25, -0.2) is 4.39 Å². The standard InChI is InChI=1S/C24H30FN3O3/c1-15(29)27-21(14-17-7-11-19(25)12-8-17)23(31)28-20(22(26)30)13-16-5-9-18(10-6-16)24(2,3)4/h5-12,20-21H,13-14H2,1-4H3,(H2,26,30)(H,27,29)(H,28,31)/t20-,21+/m0/s1. The van der Waals surface area contributed by atoms with E-state index in [2.05, 4.69) is 31.4 Å². The van der Waals surface area contributed by atoms with Crippen molar-refractivity contribution in [3.63, 3.8) is 0 Å². The number of hydrogen-bond acceptors (Lipinski definition) is 3. The molecule has 166 valence electrons. The molecule has 0 spiro atoms. The van der Waals surface area contributed by atoms with E-state index in [1.807, 2.05) is 24.3 Å². The van der Waals surface area contributed by atoms with Crippen LogP contribution >= 0.6 is 0 Å². The Morgan fingerprint density at radius 2 is 1.35 bits per heavy atom. The van der Waals surface area contributed by atoms with Crippen LogP contribution in [0.5, 0.6) is 0 Å². The normalized spacial score (nSPS) is 13.2. The van der Waals surface area contributed by atoms with Crippen LogP contribution in [0.15, 0.2) is 48.5 Å². The lowest BCUT2D eigenvalue weighted by Crippen LogP contribution is -2.54. The molecule has 2 aromatic rings. The number of amides is 3. The first-order chi connectivity index (χ1) is 14.5. The molecule has 0 heterocycles. The van der Waals surface area contributed by atoms with Crippen LogP contribution < -0.4 is 16.4 Å². The van der Waals surface area contributed by atoms with Crippen LogP contribution in [-0.2, 0) is 32.6 Å². The molecule has 2 rings (SSSR count). The van der Waals surface area contributed by atoms with Gasteiger partial charge in [-0.05, 0) is 34.2 Å². The molecule has 0 saturated carbocycles. The van der Waals surface area contributed by atoms with Crippen molar-refractivity contribution in [2.75, 3.05) is 0 Å². The van der Waals surface area contributed by atoms with Crippen molar-refractivity contribution >= 4 is 17.7 Å². The van der Waals surface area contributed by atoms with E-state index in [4.69, 9.17) is 5.73 Å². The zero-order valence-corrected chi connectivity index (χ0v) is 18.4. The van der Waals surface area contributed by atoms with Crippen LogP contribution in [0.2, 0.25) is 0 Å². The summed E-state index contributed by atoms with van der Waals surface area (Å²) in [7, 11) is 0. The molecule has 6 nitrogen and oxygen atoms in total. The molecule has 0 aromatic heterocycles. The summed E-state index contributed by atoms with van der Waals surface area (Å²) in [6.07, 6.45) is 0.381. The van der Waals surface area contributed by atoms with Crippen molar-refractivity contribution in [2.45, 2.75) is 58.0 Å². The Morgan fingerprint density at radius 1 is 0.871 bits per heavy atom. The van der Waals surface area contributed by atoms with Gasteiger partial charge in [-0.2, -0.15) is 0 Å². The first-order valence-corrected chi connectivity index (χ1v) is 10.2. The number of rotatable bonds is 8.